The lowest BCUT2D eigenvalue weighted by Crippen LogP contribution is -2.12. The third-order valence-electron chi connectivity index (χ3n) is 4.33. The molecule has 0 saturated carbocycles. The molecule has 134 valence electrons. The first-order valence-electron chi connectivity index (χ1n) is 8.56. The first-order chi connectivity index (χ1) is 13.1. The van der Waals surface area contributed by atoms with Crippen LogP contribution in [0.1, 0.15) is 15.9 Å². The van der Waals surface area contributed by atoms with Gasteiger partial charge in [-0.1, -0.05) is 23.5 Å². The third-order valence-corrected chi connectivity index (χ3v) is 5.36. The Morgan fingerprint density at radius 3 is 2.63 bits per heavy atom. The van der Waals surface area contributed by atoms with Crippen LogP contribution in [0.2, 0.25) is 0 Å². The number of aryl methyl sites for hydroxylation is 1. The minimum Gasteiger partial charge on any atom is -0.388 e. The Kier molecular flexibility index (Phi) is 4.56. The van der Waals surface area contributed by atoms with Gasteiger partial charge in [-0.15, -0.1) is 0 Å². The fourth-order valence-electron chi connectivity index (χ4n) is 2.77. The number of pyridine rings is 1. The maximum atomic E-state index is 12.6. The zero-order valence-electron chi connectivity index (χ0n) is 15.0. The van der Waals surface area contributed by atoms with Gasteiger partial charge in [0.15, 0.2) is 0 Å². The number of nitrogens with one attached hydrogen (secondary N) is 2. The van der Waals surface area contributed by atoms with Crippen molar-refractivity contribution in [2.75, 3.05) is 17.7 Å². The van der Waals surface area contributed by atoms with Crippen molar-refractivity contribution in [2.24, 2.45) is 0 Å². The summed E-state index contributed by atoms with van der Waals surface area (Å²) in [5, 5.41) is 6.94. The summed E-state index contributed by atoms with van der Waals surface area (Å²) < 4.78 is 0. The molecule has 0 radical (unpaired) electrons. The molecular weight excluding hydrogens is 356 g/mol. The number of hydrogen-bond donors (Lipinski definition) is 2. The molecule has 2 heterocycles. The van der Waals surface area contributed by atoms with E-state index in [-0.39, 0.29) is 5.91 Å². The van der Waals surface area contributed by atoms with E-state index in [1.165, 1.54) is 0 Å². The van der Waals surface area contributed by atoms with E-state index in [2.05, 4.69) is 20.6 Å². The van der Waals surface area contributed by atoms with Crippen LogP contribution in [-0.4, -0.2) is 22.9 Å². The van der Waals surface area contributed by atoms with Gasteiger partial charge in [-0.05, 0) is 55.0 Å². The van der Waals surface area contributed by atoms with Gasteiger partial charge in [0.2, 0.25) is 0 Å². The van der Waals surface area contributed by atoms with Crippen molar-refractivity contribution >= 4 is 39.0 Å². The van der Waals surface area contributed by atoms with Crippen molar-refractivity contribution in [3.8, 4) is 10.6 Å². The van der Waals surface area contributed by atoms with Gasteiger partial charge in [0, 0.05) is 35.7 Å². The van der Waals surface area contributed by atoms with Crippen LogP contribution >= 0.6 is 11.3 Å². The first kappa shape index (κ1) is 17.2. The number of thiazole rings is 1. The topological polar surface area (TPSA) is 66.9 Å². The van der Waals surface area contributed by atoms with E-state index in [4.69, 9.17) is 0 Å². The second-order valence-corrected chi connectivity index (χ2v) is 7.14. The third kappa shape index (κ3) is 3.52. The summed E-state index contributed by atoms with van der Waals surface area (Å²) in [6, 6.07) is 17.2. The molecule has 0 atom stereocenters. The quantitative estimate of drug-likeness (QED) is 0.530. The maximum absolute atomic E-state index is 12.6. The Hall–Kier alpha value is -3.25. The minimum atomic E-state index is -0.135. The summed E-state index contributed by atoms with van der Waals surface area (Å²) in [6.45, 7) is 1.98. The highest BCUT2D eigenvalue weighted by Crippen LogP contribution is 2.31. The molecule has 0 aliphatic rings. The summed E-state index contributed by atoms with van der Waals surface area (Å²) in [6.07, 6.45) is 1.77. The number of benzene rings is 2. The number of anilines is 2. The van der Waals surface area contributed by atoms with Crippen molar-refractivity contribution < 1.29 is 4.79 Å². The van der Waals surface area contributed by atoms with E-state index >= 15 is 0 Å². The van der Waals surface area contributed by atoms with Crippen LogP contribution in [0.25, 0.3) is 20.9 Å². The van der Waals surface area contributed by atoms with Gasteiger partial charge in [-0.3, -0.25) is 4.79 Å². The van der Waals surface area contributed by atoms with Gasteiger partial charge < -0.3 is 10.6 Å². The Balaban J connectivity index is 1.62. The van der Waals surface area contributed by atoms with Crippen LogP contribution < -0.4 is 10.6 Å². The zero-order chi connectivity index (χ0) is 18.8. The monoisotopic (exact) mass is 374 g/mol. The summed E-state index contributed by atoms with van der Waals surface area (Å²) in [5.74, 6) is -0.135. The van der Waals surface area contributed by atoms with Crippen molar-refractivity contribution in [3.05, 3.63) is 71.9 Å². The number of fused-ring (bicyclic) bond motifs is 1. The smallest absolute Gasteiger partial charge is 0.255 e. The van der Waals surface area contributed by atoms with E-state index in [0.717, 1.165) is 37.9 Å². The van der Waals surface area contributed by atoms with E-state index in [0.29, 0.717) is 5.56 Å². The fourth-order valence-corrected chi connectivity index (χ4v) is 3.67. The molecule has 0 aliphatic heterocycles. The lowest BCUT2D eigenvalue weighted by Gasteiger charge is -2.10. The molecule has 4 rings (SSSR count). The molecule has 2 aromatic heterocycles. The number of hydrogen-bond acceptors (Lipinski definition) is 5. The molecular formula is C21H18N4OS. The number of aromatic nitrogens is 2. The SMILES string of the molecule is CNc1ccc(C(=O)Nc2cc(-c3nc4cccnc4s3)ccc2C)cc1. The van der Waals surface area contributed by atoms with Crippen LogP contribution in [0.3, 0.4) is 0 Å². The molecule has 2 N–H and O–H groups in total. The van der Waals surface area contributed by atoms with Crippen molar-refractivity contribution in [1.29, 1.82) is 0 Å². The predicted octanol–water partition coefficient (Wildman–Crippen LogP) is 4.96. The van der Waals surface area contributed by atoms with E-state index in [1.54, 1.807) is 29.7 Å². The largest absolute Gasteiger partial charge is 0.388 e. The van der Waals surface area contributed by atoms with Crippen LogP contribution in [-0.2, 0) is 0 Å². The average Bonchev–Trinajstić information content (AvgIpc) is 3.14. The van der Waals surface area contributed by atoms with E-state index in [9.17, 15) is 4.79 Å². The molecule has 0 spiro atoms. The molecule has 27 heavy (non-hydrogen) atoms. The van der Waals surface area contributed by atoms with Gasteiger partial charge >= 0.3 is 0 Å². The van der Waals surface area contributed by atoms with Crippen molar-refractivity contribution in [2.45, 2.75) is 6.92 Å². The molecule has 0 unspecified atom stereocenters. The van der Waals surface area contributed by atoms with E-state index in [1.807, 2.05) is 56.4 Å². The molecule has 0 bridgehead atoms. The lowest BCUT2D eigenvalue weighted by atomic mass is 10.1. The highest BCUT2D eigenvalue weighted by molar-refractivity contribution is 7.21. The normalized spacial score (nSPS) is 10.7. The number of nitrogens with zero attached hydrogens (tertiary/aromatic N) is 2. The zero-order valence-corrected chi connectivity index (χ0v) is 15.8. The van der Waals surface area contributed by atoms with Crippen LogP contribution in [0.15, 0.2) is 60.8 Å². The Morgan fingerprint density at radius 2 is 1.89 bits per heavy atom. The molecule has 1 amide bonds. The summed E-state index contributed by atoms with van der Waals surface area (Å²) in [7, 11) is 1.85. The van der Waals surface area contributed by atoms with Gasteiger partial charge in [0.25, 0.3) is 5.91 Å². The second-order valence-electron chi connectivity index (χ2n) is 6.16. The van der Waals surface area contributed by atoms with Gasteiger partial charge in [0.05, 0.1) is 0 Å². The highest BCUT2D eigenvalue weighted by atomic mass is 32.1. The summed E-state index contributed by atoms with van der Waals surface area (Å²) >= 11 is 1.54. The van der Waals surface area contributed by atoms with Gasteiger partial charge in [-0.2, -0.15) is 0 Å². The molecule has 0 saturated heterocycles. The van der Waals surface area contributed by atoms with Crippen molar-refractivity contribution in [3.63, 3.8) is 0 Å². The fraction of sp³-hybridized carbons (Fsp3) is 0.0952. The number of amides is 1. The Labute approximate surface area is 161 Å². The van der Waals surface area contributed by atoms with Crippen molar-refractivity contribution in [1.82, 2.24) is 9.97 Å². The van der Waals surface area contributed by atoms with Crippen LogP contribution in [0.5, 0.6) is 0 Å². The maximum Gasteiger partial charge on any atom is 0.255 e. The first-order valence-corrected chi connectivity index (χ1v) is 9.37. The van der Waals surface area contributed by atoms with Gasteiger partial charge in [0.1, 0.15) is 15.4 Å². The summed E-state index contributed by atoms with van der Waals surface area (Å²) in [4.78, 5) is 22.5. The Bertz CT molecular complexity index is 1090. The lowest BCUT2D eigenvalue weighted by molar-refractivity contribution is 0.102. The molecule has 0 fully saturated rings. The molecule has 0 aliphatic carbocycles. The Morgan fingerprint density at radius 1 is 1.07 bits per heavy atom. The van der Waals surface area contributed by atoms with Crippen LogP contribution in [0.4, 0.5) is 11.4 Å². The average molecular weight is 374 g/mol. The number of carbonyl (C=O) groups excluding carboxylic acids is 1. The summed E-state index contributed by atoms with van der Waals surface area (Å²) in [5.41, 5.74) is 5.20. The van der Waals surface area contributed by atoms with Crippen LogP contribution in [0, 0.1) is 6.92 Å². The number of carbonyl (C=O) groups is 1. The van der Waals surface area contributed by atoms with Gasteiger partial charge in [-0.25, -0.2) is 9.97 Å². The highest BCUT2D eigenvalue weighted by Gasteiger charge is 2.11. The molecule has 5 nitrogen and oxygen atoms in total. The molecule has 2 aromatic carbocycles. The standard InChI is InChI=1S/C21H18N4OS/c1-13-5-6-15(20-25-17-4-3-11-23-21(17)27-20)12-18(13)24-19(26)14-7-9-16(22-2)10-8-14/h3-12,22H,1-2H3,(H,24,26). The second kappa shape index (κ2) is 7.17. The molecule has 6 heteroatoms. The predicted molar refractivity (Wildman–Crippen MR) is 112 cm³/mol. The number of rotatable bonds is 4. The van der Waals surface area contributed by atoms with E-state index < -0.39 is 0 Å². The molecule has 4 aromatic rings. The minimum absolute atomic E-state index is 0.135.